The van der Waals surface area contributed by atoms with E-state index in [4.69, 9.17) is 0 Å². The van der Waals surface area contributed by atoms with Gasteiger partial charge in [0.2, 0.25) is 0 Å². The second-order valence-electron chi connectivity index (χ2n) is 4.78. The highest BCUT2D eigenvalue weighted by atomic mass is 16.2. The minimum atomic E-state index is 0.134. The summed E-state index contributed by atoms with van der Waals surface area (Å²) < 4.78 is 0. The van der Waals surface area contributed by atoms with Gasteiger partial charge in [-0.05, 0) is 31.6 Å². The smallest absolute Gasteiger partial charge is 0.317 e. The lowest BCUT2D eigenvalue weighted by Gasteiger charge is -2.31. The number of rotatable bonds is 1. The molecule has 3 heteroatoms. The average molecular weight is 208 g/mol. The first kappa shape index (κ1) is 10.5. The van der Waals surface area contributed by atoms with Crippen LogP contribution in [0.2, 0.25) is 0 Å². The molecule has 1 N–H and O–H groups in total. The Morgan fingerprint density at radius 1 is 1.40 bits per heavy atom. The van der Waals surface area contributed by atoms with E-state index >= 15 is 0 Å². The fraction of sp³-hybridized carbons (Fsp3) is 0.750. The molecule has 0 radical (unpaired) electrons. The molecule has 1 saturated heterocycles. The van der Waals surface area contributed by atoms with Crippen LogP contribution in [-0.4, -0.2) is 30.1 Å². The molecule has 2 aliphatic rings. The standard InChI is InChI=1S/C12H20N2O/c1-10-5-4-8-14(9-10)12(15)13-11-6-2-3-7-11/h2-3,10-11H,4-9H2,1H3,(H,13,15). The van der Waals surface area contributed by atoms with Gasteiger partial charge in [-0.25, -0.2) is 4.79 Å². The minimum Gasteiger partial charge on any atom is -0.335 e. The van der Waals surface area contributed by atoms with Crippen molar-refractivity contribution in [3.8, 4) is 0 Å². The molecule has 2 rings (SSSR count). The van der Waals surface area contributed by atoms with Gasteiger partial charge in [0.1, 0.15) is 0 Å². The molecule has 1 aliphatic carbocycles. The lowest BCUT2D eigenvalue weighted by atomic mass is 10.0. The molecule has 1 aliphatic heterocycles. The summed E-state index contributed by atoms with van der Waals surface area (Å²) in [6, 6.07) is 0.477. The van der Waals surface area contributed by atoms with E-state index in [1.54, 1.807) is 0 Å². The van der Waals surface area contributed by atoms with Crippen LogP contribution in [0.4, 0.5) is 4.79 Å². The molecule has 2 amide bonds. The number of hydrogen-bond acceptors (Lipinski definition) is 1. The Morgan fingerprint density at radius 2 is 2.13 bits per heavy atom. The molecule has 84 valence electrons. The molecule has 0 aromatic rings. The van der Waals surface area contributed by atoms with E-state index < -0.39 is 0 Å². The molecule has 0 aromatic heterocycles. The zero-order valence-corrected chi connectivity index (χ0v) is 9.41. The Morgan fingerprint density at radius 3 is 2.80 bits per heavy atom. The molecular formula is C12H20N2O. The Balaban J connectivity index is 1.79. The highest BCUT2D eigenvalue weighted by Gasteiger charge is 2.22. The zero-order valence-electron chi connectivity index (χ0n) is 9.41. The van der Waals surface area contributed by atoms with Crippen LogP contribution in [-0.2, 0) is 0 Å². The van der Waals surface area contributed by atoms with Crippen LogP contribution in [0.25, 0.3) is 0 Å². The summed E-state index contributed by atoms with van der Waals surface area (Å²) >= 11 is 0. The van der Waals surface area contributed by atoms with E-state index in [1.165, 1.54) is 6.42 Å². The quantitative estimate of drug-likeness (QED) is 0.658. The fourth-order valence-corrected chi connectivity index (χ4v) is 2.37. The van der Waals surface area contributed by atoms with E-state index in [-0.39, 0.29) is 6.03 Å². The first-order valence-corrected chi connectivity index (χ1v) is 5.96. The number of amides is 2. The number of urea groups is 1. The number of hydrogen-bond donors (Lipinski definition) is 1. The lowest BCUT2D eigenvalue weighted by molar-refractivity contribution is 0.166. The highest BCUT2D eigenvalue weighted by Crippen LogP contribution is 2.16. The lowest BCUT2D eigenvalue weighted by Crippen LogP contribution is -2.47. The van der Waals surface area contributed by atoms with Crippen LogP contribution < -0.4 is 5.32 Å². The minimum absolute atomic E-state index is 0.134. The van der Waals surface area contributed by atoms with E-state index in [9.17, 15) is 4.79 Å². The summed E-state index contributed by atoms with van der Waals surface area (Å²) in [6.45, 7) is 4.07. The third-order valence-electron chi connectivity index (χ3n) is 3.28. The summed E-state index contributed by atoms with van der Waals surface area (Å²) in [5, 5.41) is 3.09. The predicted octanol–water partition coefficient (Wildman–Crippen LogP) is 2.15. The van der Waals surface area contributed by atoms with Crippen molar-refractivity contribution in [3.63, 3.8) is 0 Å². The van der Waals surface area contributed by atoms with Crippen LogP contribution in [0.1, 0.15) is 32.6 Å². The number of piperidine rings is 1. The maximum Gasteiger partial charge on any atom is 0.317 e. The Kier molecular flexibility index (Phi) is 3.29. The first-order chi connectivity index (χ1) is 7.25. The molecule has 1 heterocycles. The van der Waals surface area contributed by atoms with Crippen LogP contribution in [0.15, 0.2) is 12.2 Å². The van der Waals surface area contributed by atoms with Gasteiger partial charge in [-0.3, -0.25) is 0 Å². The second-order valence-corrected chi connectivity index (χ2v) is 4.78. The summed E-state index contributed by atoms with van der Waals surface area (Å²) in [4.78, 5) is 13.9. The zero-order chi connectivity index (χ0) is 10.7. The van der Waals surface area contributed by atoms with Crippen molar-refractivity contribution in [2.24, 2.45) is 5.92 Å². The van der Waals surface area contributed by atoms with E-state index in [1.807, 2.05) is 4.90 Å². The molecule has 0 aromatic carbocycles. The molecule has 15 heavy (non-hydrogen) atoms. The van der Waals surface area contributed by atoms with Crippen molar-refractivity contribution in [2.45, 2.75) is 38.6 Å². The van der Waals surface area contributed by atoms with Crippen molar-refractivity contribution >= 4 is 6.03 Å². The monoisotopic (exact) mass is 208 g/mol. The van der Waals surface area contributed by atoms with Crippen molar-refractivity contribution in [3.05, 3.63) is 12.2 Å². The number of nitrogens with zero attached hydrogens (tertiary/aromatic N) is 1. The topological polar surface area (TPSA) is 32.3 Å². The fourth-order valence-electron chi connectivity index (χ4n) is 2.37. The van der Waals surface area contributed by atoms with E-state index in [0.29, 0.717) is 12.0 Å². The van der Waals surface area contributed by atoms with Gasteiger partial charge in [0.25, 0.3) is 0 Å². The molecule has 0 spiro atoms. The molecule has 0 saturated carbocycles. The molecule has 1 fully saturated rings. The number of carbonyl (C=O) groups excluding carboxylic acids is 1. The Hall–Kier alpha value is -0.990. The highest BCUT2D eigenvalue weighted by molar-refractivity contribution is 5.74. The molecule has 0 bridgehead atoms. The van der Waals surface area contributed by atoms with E-state index in [0.717, 1.165) is 32.4 Å². The van der Waals surface area contributed by atoms with Gasteiger partial charge in [-0.2, -0.15) is 0 Å². The summed E-state index contributed by atoms with van der Waals surface area (Å²) in [5.74, 6) is 0.659. The van der Waals surface area contributed by atoms with Crippen LogP contribution in [0, 0.1) is 5.92 Å². The third-order valence-corrected chi connectivity index (χ3v) is 3.28. The summed E-state index contributed by atoms with van der Waals surface area (Å²) in [6.07, 6.45) is 8.68. The van der Waals surface area contributed by atoms with Crippen molar-refractivity contribution in [1.29, 1.82) is 0 Å². The van der Waals surface area contributed by atoms with Crippen molar-refractivity contribution in [2.75, 3.05) is 13.1 Å². The van der Waals surface area contributed by atoms with Gasteiger partial charge in [0, 0.05) is 19.1 Å². The van der Waals surface area contributed by atoms with Gasteiger partial charge in [-0.1, -0.05) is 19.1 Å². The van der Waals surface area contributed by atoms with E-state index in [2.05, 4.69) is 24.4 Å². The van der Waals surface area contributed by atoms with Gasteiger partial charge >= 0.3 is 6.03 Å². The maximum absolute atomic E-state index is 11.9. The Labute approximate surface area is 91.5 Å². The second kappa shape index (κ2) is 4.69. The SMILES string of the molecule is CC1CCCN(C(=O)NC2CC=CC2)C1. The first-order valence-electron chi connectivity index (χ1n) is 5.96. The van der Waals surface area contributed by atoms with Crippen LogP contribution in [0.3, 0.4) is 0 Å². The number of carbonyl (C=O) groups is 1. The summed E-state index contributed by atoms with van der Waals surface area (Å²) in [5.41, 5.74) is 0. The van der Waals surface area contributed by atoms with Gasteiger partial charge < -0.3 is 10.2 Å². The van der Waals surface area contributed by atoms with Crippen molar-refractivity contribution < 1.29 is 4.79 Å². The third kappa shape index (κ3) is 2.74. The van der Waals surface area contributed by atoms with Gasteiger partial charge in [0.05, 0.1) is 0 Å². The number of likely N-dealkylation sites (tertiary alicyclic amines) is 1. The number of nitrogens with one attached hydrogen (secondary N) is 1. The molecule has 1 atom stereocenters. The van der Waals surface area contributed by atoms with Crippen LogP contribution >= 0.6 is 0 Å². The molecular weight excluding hydrogens is 188 g/mol. The Bertz CT molecular complexity index is 254. The maximum atomic E-state index is 11.9. The molecule has 3 nitrogen and oxygen atoms in total. The van der Waals surface area contributed by atoms with Crippen LogP contribution in [0.5, 0.6) is 0 Å². The predicted molar refractivity (Wildman–Crippen MR) is 60.7 cm³/mol. The largest absolute Gasteiger partial charge is 0.335 e. The molecule has 1 unspecified atom stereocenters. The average Bonchev–Trinajstić information content (AvgIpc) is 2.70. The normalized spacial score (nSPS) is 27.0. The van der Waals surface area contributed by atoms with Gasteiger partial charge in [-0.15, -0.1) is 0 Å². The van der Waals surface area contributed by atoms with Crippen molar-refractivity contribution in [1.82, 2.24) is 10.2 Å². The summed E-state index contributed by atoms with van der Waals surface area (Å²) in [7, 11) is 0. The van der Waals surface area contributed by atoms with Gasteiger partial charge in [0.15, 0.2) is 0 Å².